The molecule has 29 heavy (non-hydrogen) atoms. The number of rotatable bonds is 3. The number of hydrogen-bond acceptors (Lipinski definition) is 5. The van der Waals surface area contributed by atoms with E-state index >= 15 is 0 Å². The van der Waals surface area contributed by atoms with Crippen LogP contribution < -0.4 is 15.1 Å². The average Bonchev–Trinajstić information content (AvgIpc) is 3.07. The number of aromatic nitrogens is 1. The van der Waals surface area contributed by atoms with Crippen LogP contribution in [-0.4, -0.2) is 18.0 Å². The fourth-order valence-corrected chi connectivity index (χ4v) is 3.84. The molecule has 2 aromatic carbocycles. The molecule has 6 heteroatoms. The minimum absolute atomic E-state index is 0.0373. The Kier molecular flexibility index (Phi) is 3.91. The largest absolute Gasteiger partial charge is 0.496 e. The van der Waals surface area contributed by atoms with E-state index in [1.165, 1.54) is 4.90 Å². The summed E-state index contributed by atoms with van der Waals surface area (Å²) >= 11 is 0. The maximum atomic E-state index is 13.4. The molecule has 0 saturated heterocycles. The van der Waals surface area contributed by atoms with E-state index in [1.807, 2.05) is 18.2 Å². The lowest BCUT2D eigenvalue weighted by atomic mass is 9.97. The van der Waals surface area contributed by atoms with Crippen LogP contribution in [0.5, 0.6) is 5.75 Å². The second-order valence-electron chi connectivity index (χ2n) is 6.68. The van der Waals surface area contributed by atoms with Gasteiger partial charge in [0.1, 0.15) is 23.2 Å². The highest BCUT2D eigenvalue weighted by Crippen LogP contribution is 2.43. The molecule has 1 unspecified atom stereocenters. The van der Waals surface area contributed by atoms with Crippen LogP contribution in [0.3, 0.4) is 0 Å². The number of anilines is 1. The molecule has 1 aliphatic rings. The number of methoxy groups -OCH3 is 1. The summed E-state index contributed by atoms with van der Waals surface area (Å²) in [7, 11) is 1.56. The third-order valence-corrected chi connectivity index (χ3v) is 5.11. The van der Waals surface area contributed by atoms with Gasteiger partial charge in [-0.1, -0.05) is 36.4 Å². The Bertz CT molecular complexity index is 1300. The number of amides is 1. The second-order valence-corrected chi connectivity index (χ2v) is 6.68. The van der Waals surface area contributed by atoms with E-state index in [4.69, 9.17) is 9.15 Å². The zero-order valence-corrected chi connectivity index (χ0v) is 15.5. The maximum absolute atomic E-state index is 13.4. The summed E-state index contributed by atoms with van der Waals surface area (Å²) in [5, 5.41) is 0.432. The smallest absolute Gasteiger partial charge is 0.296 e. The van der Waals surface area contributed by atoms with Crippen LogP contribution in [0.25, 0.3) is 11.0 Å². The number of hydrogen-bond donors (Lipinski definition) is 0. The van der Waals surface area contributed by atoms with Gasteiger partial charge >= 0.3 is 0 Å². The van der Waals surface area contributed by atoms with E-state index in [2.05, 4.69) is 4.98 Å². The first-order valence-electron chi connectivity index (χ1n) is 9.14. The molecular weight excluding hydrogens is 368 g/mol. The molecule has 0 bridgehead atoms. The van der Waals surface area contributed by atoms with E-state index in [9.17, 15) is 9.59 Å². The van der Waals surface area contributed by atoms with Gasteiger partial charge in [-0.05, 0) is 30.3 Å². The molecular formula is C23H16N2O4. The molecule has 5 rings (SSSR count). The van der Waals surface area contributed by atoms with Gasteiger partial charge < -0.3 is 9.15 Å². The summed E-state index contributed by atoms with van der Waals surface area (Å²) in [5.74, 6) is 0.641. The molecule has 6 nitrogen and oxygen atoms in total. The third-order valence-electron chi connectivity index (χ3n) is 5.11. The maximum Gasteiger partial charge on any atom is 0.296 e. The van der Waals surface area contributed by atoms with Gasteiger partial charge in [-0.15, -0.1) is 0 Å². The zero-order valence-electron chi connectivity index (χ0n) is 15.5. The summed E-state index contributed by atoms with van der Waals surface area (Å²) in [4.78, 5) is 32.7. The van der Waals surface area contributed by atoms with Crippen LogP contribution in [0.4, 0.5) is 5.82 Å². The number of carbonyl (C=O) groups is 1. The third kappa shape index (κ3) is 2.53. The van der Waals surface area contributed by atoms with Crippen LogP contribution in [0.15, 0.2) is 82.1 Å². The van der Waals surface area contributed by atoms with Crippen LogP contribution >= 0.6 is 0 Å². The van der Waals surface area contributed by atoms with E-state index in [1.54, 1.807) is 61.8 Å². The number of pyridine rings is 1. The number of para-hydroxylation sites is 2. The molecule has 0 saturated carbocycles. The Morgan fingerprint density at radius 2 is 1.72 bits per heavy atom. The lowest BCUT2D eigenvalue weighted by molar-refractivity contribution is 0.0970. The first kappa shape index (κ1) is 17.2. The minimum Gasteiger partial charge on any atom is -0.496 e. The van der Waals surface area contributed by atoms with Crippen molar-refractivity contribution in [2.24, 2.45) is 0 Å². The highest BCUT2D eigenvalue weighted by Gasteiger charge is 2.45. The molecule has 0 aliphatic carbocycles. The van der Waals surface area contributed by atoms with Gasteiger partial charge in [-0.2, -0.15) is 0 Å². The van der Waals surface area contributed by atoms with Crippen molar-refractivity contribution in [1.82, 2.24) is 4.98 Å². The van der Waals surface area contributed by atoms with Crippen molar-refractivity contribution in [3.63, 3.8) is 0 Å². The first-order chi connectivity index (χ1) is 14.2. The minimum atomic E-state index is -0.704. The van der Waals surface area contributed by atoms with Crippen molar-refractivity contribution < 1.29 is 13.9 Å². The fourth-order valence-electron chi connectivity index (χ4n) is 3.84. The number of nitrogens with zero attached hydrogens (tertiary/aromatic N) is 2. The Morgan fingerprint density at radius 3 is 2.52 bits per heavy atom. The Labute approximate surface area is 166 Å². The number of fused-ring (bicyclic) bond motifs is 2. The normalized spacial score (nSPS) is 15.6. The Morgan fingerprint density at radius 1 is 0.966 bits per heavy atom. The van der Waals surface area contributed by atoms with Gasteiger partial charge in [0.05, 0.1) is 18.1 Å². The molecule has 2 aromatic heterocycles. The average molecular weight is 384 g/mol. The number of ether oxygens (including phenoxy) is 1. The topological polar surface area (TPSA) is 72.6 Å². The van der Waals surface area contributed by atoms with Crippen molar-refractivity contribution in [1.29, 1.82) is 0 Å². The SMILES string of the molecule is COc1ccccc1C1c2c(oc3ccccc3c2=O)C(=O)N1c1ccccn1. The molecule has 0 fully saturated rings. The van der Waals surface area contributed by atoms with Gasteiger partial charge in [-0.3, -0.25) is 14.5 Å². The summed E-state index contributed by atoms with van der Waals surface area (Å²) in [6.07, 6.45) is 1.61. The lowest BCUT2D eigenvalue weighted by Crippen LogP contribution is -2.30. The van der Waals surface area contributed by atoms with Crippen molar-refractivity contribution in [3.05, 3.63) is 100 Å². The lowest BCUT2D eigenvalue weighted by Gasteiger charge is -2.25. The molecule has 1 atom stereocenters. The van der Waals surface area contributed by atoms with E-state index < -0.39 is 11.9 Å². The van der Waals surface area contributed by atoms with E-state index in [0.717, 1.165) is 0 Å². The van der Waals surface area contributed by atoms with Gasteiger partial charge in [0.25, 0.3) is 5.91 Å². The molecule has 4 aromatic rings. The predicted octanol–water partition coefficient (Wildman–Crippen LogP) is 3.95. The molecule has 3 heterocycles. The standard InChI is InChI=1S/C23H16N2O4/c1-28-16-10-4-2-8-14(16)20-19-21(26)15-9-3-5-11-17(15)29-22(19)23(27)25(20)18-12-6-7-13-24-18/h2-13,20H,1H3. The van der Waals surface area contributed by atoms with Crippen LogP contribution in [0.1, 0.15) is 27.7 Å². The van der Waals surface area contributed by atoms with Crippen LogP contribution in [0, 0.1) is 0 Å². The number of benzene rings is 2. The van der Waals surface area contributed by atoms with Gasteiger partial charge in [0.15, 0.2) is 5.43 Å². The van der Waals surface area contributed by atoms with Crippen molar-refractivity contribution in [3.8, 4) is 5.75 Å². The number of carbonyl (C=O) groups excluding carboxylic acids is 1. The van der Waals surface area contributed by atoms with Gasteiger partial charge in [0, 0.05) is 11.8 Å². The Balaban J connectivity index is 1.86. The molecule has 1 amide bonds. The molecule has 0 radical (unpaired) electrons. The van der Waals surface area contributed by atoms with Crippen molar-refractivity contribution in [2.75, 3.05) is 12.0 Å². The first-order valence-corrected chi connectivity index (χ1v) is 9.14. The molecule has 0 spiro atoms. The second kappa shape index (κ2) is 6.60. The highest BCUT2D eigenvalue weighted by atomic mass is 16.5. The fraction of sp³-hybridized carbons (Fsp3) is 0.0870. The van der Waals surface area contributed by atoms with Crippen molar-refractivity contribution in [2.45, 2.75) is 6.04 Å². The van der Waals surface area contributed by atoms with Crippen molar-refractivity contribution >= 4 is 22.7 Å². The monoisotopic (exact) mass is 384 g/mol. The molecule has 1 aliphatic heterocycles. The molecule has 0 N–H and O–H groups in total. The summed E-state index contributed by atoms with van der Waals surface area (Å²) < 4.78 is 11.4. The quantitative estimate of drug-likeness (QED) is 0.535. The van der Waals surface area contributed by atoms with Crippen LogP contribution in [-0.2, 0) is 0 Å². The predicted molar refractivity (Wildman–Crippen MR) is 108 cm³/mol. The van der Waals surface area contributed by atoms with E-state index in [0.29, 0.717) is 33.7 Å². The van der Waals surface area contributed by atoms with Gasteiger partial charge in [0.2, 0.25) is 5.76 Å². The summed E-state index contributed by atoms with van der Waals surface area (Å²) in [5.41, 5.74) is 1.13. The summed E-state index contributed by atoms with van der Waals surface area (Å²) in [6.45, 7) is 0. The van der Waals surface area contributed by atoms with E-state index in [-0.39, 0.29) is 11.2 Å². The summed E-state index contributed by atoms with van der Waals surface area (Å²) in [6, 6.07) is 18.9. The van der Waals surface area contributed by atoms with Crippen LogP contribution in [0.2, 0.25) is 0 Å². The highest BCUT2D eigenvalue weighted by molar-refractivity contribution is 6.10. The Hall–Kier alpha value is -3.93. The van der Waals surface area contributed by atoms with Gasteiger partial charge in [-0.25, -0.2) is 4.98 Å². The molecule has 142 valence electrons. The zero-order chi connectivity index (χ0) is 20.0.